The number of carbonyl (C=O) groups is 1. The maximum Gasteiger partial charge on any atom is 0.164 e. The molecule has 0 aromatic heterocycles. The number of carbonyl (C=O) groups excluding carboxylic acids is 1. The summed E-state index contributed by atoms with van der Waals surface area (Å²) in [7, 11) is 2.06. The molecule has 0 amide bonds. The average molecular weight is 340 g/mol. The molecule has 0 atom stereocenters. The summed E-state index contributed by atoms with van der Waals surface area (Å²) in [5, 5.41) is 2.29. The van der Waals surface area contributed by atoms with Gasteiger partial charge in [-0.2, -0.15) is 0 Å². The van der Waals surface area contributed by atoms with Gasteiger partial charge in [0.2, 0.25) is 0 Å². The van der Waals surface area contributed by atoms with Crippen molar-refractivity contribution in [3.63, 3.8) is 0 Å². The first-order valence-corrected chi connectivity index (χ1v) is 7.97. The van der Waals surface area contributed by atoms with Crippen molar-refractivity contribution in [2.75, 3.05) is 13.6 Å². The van der Waals surface area contributed by atoms with Gasteiger partial charge in [-0.05, 0) is 29.4 Å². The summed E-state index contributed by atoms with van der Waals surface area (Å²) in [6.45, 7) is 1.63. The Balaban J connectivity index is 0.00000208. The van der Waals surface area contributed by atoms with Crippen LogP contribution in [0.5, 0.6) is 0 Å². The van der Waals surface area contributed by atoms with Crippen molar-refractivity contribution in [1.29, 1.82) is 0 Å². The number of benzene rings is 3. The standard InChI is InChI=1S/C21H21NO.ClH/c1-22(16-17-7-3-2-4-8-17)14-13-21(23)20-12-11-18-9-5-6-10-19(18)15-20;/h2-12,15H,13-14,16H2,1H3;1H. The van der Waals surface area contributed by atoms with Gasteiger partial charge in [0, 0.05) is 25.1 Å². The van der Waals surface area contributed by atoms with Crippen LogP contribution >= 0.6 is 12.4 Å². The molecular weight excluding hydrogens is 318 g/mol. The summed E-state index contributed by atoms with van der Waals surface area (Å²) in [5.41, 5.74) is 2.07. The van der Waals surface area contributed by atoms with E-state index in [4.69, 9.17) is 0 Å². The van der Waals surface area contributed by atoms with Gasteiger partial charge in [0.05, 0.1) is 0 Å². The molecule has 0 radical (unpaired) electrons. The van der Waals surface area contributed by atoms with Crippen LogP contribution < -0.4 is 0 Å². The van der Waals surface area contributed by atoms with Gasteiger partial charge in [-0.1, -0.05) is 66.7 Å². The smallest absolute Gasteiger partial charge is 0.164 e. The van der Waals surface area contributed by atoms with Crippen molar-refractivity contribution in [2.45, 2.75) is 13.0 Å². The van der Waals surface area contributed by atoms with E-state index in [1.54, 1.807) is 0 Å². The normalized spacial score (nSPS) is 10.6. The van der Waals surface area contributed by atoms with Crippen molar-refractivity contribution >= 4 is 29.0 Å². The first-order chi connectivity index (χ1) is 11.2. The quantitative estimate of drug-likeness (QED) is 0.591. The Hall–Kier alpha value is -2.16. The number of fused-ring (bicyclic) bond motifs is 1. The van der Waals surface area contributed by atoms with Gasteiger partial charge in [-0.15, -0.1) is 12.4 Å². The number of ketones is 1. The highest BCUT2D eigenvalue weighted by Gasteiger charge is 2.08. The molecule has 0 spiro atoms. The Kier molecular flexibility index (Phi) is 6.53. The van der Waals surface area contributed by atoms with Gasteiger partial charge >= 0.3 is 0 Å². The van der Waals surface area contributed by atoms with Gasteiger partial charge in [0.1, 0.15) is 0 Å². The first kappa shape index (κ1) is 18.2. The van der Waals surface area contributed by atoms with E-state index >= 15 is 0 Å². The molecule has 0 fully saturated rings. The zero-order chi connectivity index (χ0) is 16.1. The highest BCUT2D eigenvalue weighted by atomic mass is 35.5. The number of halogens is 1. The molecule has 0 aliphatic carbocycles. The zero-order valence-electron chi connectivity index (χ0n) is 13.8. The number of nitrogens with zero attached hydrogens (tertiary/aromatic N) is 1. The molecule has 0 aliphatic rings. The maximum atomic E-state index is 12.4. The van der Waals surface area contributed by atoms with Crippen LogP contribution in [0.3, 0.4) is 0 Å². The van der Waals surface area contributed by atoms with E-state index in [1.165, 1.54) is 10.9 Å². The second kappa shape index (κ2) is 8.62. The van der Waals surface area contributed by atoms with E-state index in [-0.39, 0.29) is 18.2 Å². The highest BCUT2D eigenvalue weighted by Crippen LogP contribution is 2.17. The largest absolute Gasteiger partial charge is 0.302 e. The maximum absolute atomic E-state index is 12.4. The lowest BCUT2D eigenvalue weighted by atomic mass is 10.0. The van der Waals surface area contributed by atoms with E-state index in [1.807, 2.05) is 54.6 Å². The summed E-state index contributed by atoms with van der Waals surface area (Å²) in [5.74, 6) is 0.204. The fraction of sp³-hybridized carbons (Fsp3) is 0.190. The molecule has 0 unspecified atom stereocenters. The van der Waals surface area contributed by atoms with E-state index < -0.39 is 0 Å². The minimum atomic E-state index is 0. The summed E-state index contributed by atoms with van der Waals surface area (Å²) in [4.78, 5) is 14.6. The van der Waals surface area contributed by atoms with Crippen LogP contribution in [0.1, 0.15) is 22.3 Å². The van der Waals surface area contributed by atoms with Crippen molar-refractivity contribution in [3.8, 4) is 0 Å². The van der Waals surface area contributed by atoms with E-state index in [0.29, 0.717) is 6.42 Å². The molecule has 3 rings (SSSR count). The van der Waals surface area contributed by atoms with E-state index in [2.05, 4.69) is 30.1 Å². The SMILES string of the molecule is CN(CCC(=O)c1ccc2ccccc2c1)Cc1ccccc1.Cl. The predicted octanol–water partition coefficient (Wildman–Crippen LogP) is 4.97. The average Bonchev–Trinajstić information content (AvgIpc) is 2.60. The molecule has 3 heteroatoms. The van der Waals surface area contributed by atoms with Gasteiger partial charge in [0.15, 0.2) is 5.78 Å². The molecule has 3 aromatic rings. The van der Waals surface area contributed by atoms with Crippen LogP contribution in [0.25, 0.3) is 10.8 Å². The van der Waals surface area contributed by atoms with Crippen LogP contribution in [-0.2, 0) is 6.54 Å². The lowest BCUT2D eigenvalue weighted by Crippen LogP contribution is -2.21. The monoisotopic (exact) mass is 339 g/mol. The lowest BCUT2D eigenvalue weighted by Gasteiger charge is -2.16. The highest BCUT2D eigenvalue weighted by molar-refractivity contribution is 6.00. The fourth-order valence-corrected chi connectivity index (χ4v) is 2.77. The Bertz CT molecular complexity index is 801. The molecule has 0 saturated heterocycles. The van der Waals surface area contributed by atoms with Gasteiger partial charge in [0.25, 0.3) is 0 Å². The molecule has 0 saturated carbocycles. The molecule has 2 nitrogen and oxygen atoms in total. The Morgan fingerprint density at radius 3 is 2.29 bits per heavy atom. The number of rotatable bonds is 6. The number of Topliss-reactive ketones (excluding diaryl/α,β-unsaturated/α-hetero) is 1. The fourth-order valence-electron chi connectivity index (χ4n) is 2.77. The third kappa shape index (κ3) is 4.67. The van der Waals surface area contributed by atoms with E-state index in [9.17, 15) is 4.79 Å². The molecule has 0 heterocycles. The molecule has 0 bridgehead atoms. The van der Waals surface area contributed by atoms with Crippen molar-refractivity contribution in [2.24, 2.45) is 0 Å². The third-order valence-electron chi connectivity index (χ3n) is 4.09. The molecule has 24 heavy (non-hydrogen) atoms. The predicted molar refractivity (Wildman–Crippen MR) is 103 cm³/mol. The van der Waals surface area contributed by atoms with Gasteiger partial charge in [-0.25, -0.2) is 0 Å². The third-order valence-corrected chi connectivity index (χ3v) is 4.09. The van der Waals surface area contributed by atoms with Crippen molar-refractivity contribution < 1.29 is 4.79 Å². The first-order valence-electron chi connectivity index (χ1n) is 7.97. The minimum absolute atomic E-state index is 0. The van der Waals surface area contributed by atoms with Gasteiger partial charge < -0.3 is 4.90 Å². The molecule has 0 N–H and O–H groups in total. The molecule has 3 aromatic carbocycles. The minimum Gasteiger partial charge on any atom is -0.302 e. The van der Waals surface area contributed by atoms with Crippen LogP contribution in [0.15, 0.2) is 72.8 Å². The van der Waals surface area contributed by atoms with Crippen molar-refractivity contribution in [1.82, 2.24) is 4.90 Å². The lowest BCUT2D eigenvalue weighted by molar-refractivity contribution is 0.0968. The summed E-state index contributed by atoms with van der Waals surface area (Å²) >= 11 is 0. The summed E-state index contributed by atoms with van der Waals surface area (Å²) < 4.78 is 0. The molecule has 0 aliphatic heterocycles. The number of hydrogen-bond acceptors (Lipinski definition) is 2. The van der Waals surface area contributed by atoms with Gasteiger partial charge in [-0.3, -0.25) is 4.79 Å². The van der Waals surface area contributed by atoms with Crippen LogP contribution in [0, 0.1) is 0 Å². The number of hydrogen-bond donors (Lipinski definition) is 0. The Morgan fingerprint density at radius 1 is 0.875 bits per heavy atom. The van der Waals surface area contributed by atoms with Crippen molar-refractivity contribution in [3.05, 3.63) is 83.9 Å². The second-order valence-electron chi connectivity index (χ2n) is 5.96. The molecular formula is C21H22ClNO. The van der Waals surface area contributed by atoms with E-state index in [0.717, 1.165) is 24.0 Å². The Labute approximate surface area is 149 Å². The second-order valence-corrected chi connectivity index (χ2v) is 5.96. The van der Waals surface area contributed by atoms with Crippen LogP contribution in [-0.4, -0.2) is 24.3 Å². The summed E-state index contributed by atoms with van der Waals surface area (Å²) in [6.07, 6.45) is 0.543. The molecule has 124 valence electrons. The van der Waals surface area contributed by atoms with Crippen LogP contribution in [0.2, 0.25) is 0 Å². The summed E-state index contributed by atoms with van der Waals surface area (Å²) in [6, 6.07) is 24.4. The van der Waals surface area contributed by atoms with Crippen LogP contribution in [0.4, 0.5) is 0 Å². The zero-order valence-corrected chi connectivity index (χ0v) is 14.6. The topological polar surface area (TPSA) is 20.3 Å². The Morgan fingerprint density at radius 2 is 1.54 bits per heavy atom.